The van der Waals surface area contributed by atoms with E-state index in [2.05, 4.69) is 225 Å². The average Bonchev–Trinajstić information content (AvgIpc) is 1.56. The van der Waals surface area contributed by atoms with Crippen LogP contribution in [0.4, 0.5) is 0 Å². The Kier molecular flexibility index (Phi) is 40.5. The van der Waals surface area contributed by atoms with Crippen LogP contribution in [0.15, 0.2) is 127 Å². The zero-order valence-electron chi connectivity index (χ0n) is 75.4. The maximum atomic E-state index is 15.3. The van der Waals surface area contributed by atoms with Crippen molar-refractivity contribution >= 4 is 211 Å². The van der Waals surface area contributed by atoms with E-state index in [1.54, 1.807) is 51.1 Å². The van der Waals surface area contributed by atoms with Gasteiger partial charge in [-0.05, 0) is 194 Å². The van der Waals surface area contributed by atoms with Crippen LogP contribution < -0.4 is 5.79 Å². The number of thiophene rings is 8. The Morgan fingerprint density at radius 3 is 0.725 bits per heavy atom. The van der Waals surface area contributed by atoms with Gasteiger partial charge in [0.1, 0.15) is 0 Å². The Morgan fingerprint density at radius 2 is 0.475 bits per heavy atom. The Bertz CT molecular complexity index is 4590. The fourth-order valence-electron chi connectivity index (χ4n) is 17.2. The van der Waals surface area contributed by atoms with Gasteiger partial charge in [0.15, 0.2) is 0 Å². The number of halogens is 2. The Morgan fingerprint density at radius 1 is 0.258 bits per heavy atom. The molecule has 0 N–H and O–H groups in total. The van der Waals surface area contributed by atoms with Crippen molar-refractivity contribution in [3.63, 3.8) is 0 Å². The summed E-state index contributed by atoms with van der Waals surface area (Å²) in [6.45, 7) is 25.1. The predicted molar refractivity (Wildman–Crippen MR) is 544 cm³/mol. The van der Waals surface area contributed by atoms with Gasteiger partial charge in [0.25, 0.3) is 23.6 Å². The number of fused-ring (bicyclic) bond motifs is 2. The molecule has 654 valence electrons. The molecule has 0 fully saturated rings. The van der Waals surface area contributed by atoms with Crippen molar-refractivity contribution < 1.29 is 19.2 Å². The second kappa shape index (κ2) is 49.0. The second-order valence-corrected chi connectivity index (χ2v) is 78.8. The van der Waals surface area contributed by atoms with E-state index in [4.69, 9.17) is 0 Å². The van der Waals surface area contributed by atoms with Crippen molar-refractivity contribution in [2.75, 3.05) is 26.2 Å². The number of unbranched alkanes of at least 4 members (excludes halogenated alkanes) is 16. The molecule has 4 amide bonds. The molecule has 4 aliphatic heterocycles. The predicted octanol–water partition coefficient (Wildman–Crippen LogP) is 32.5. The van der Waals surface area contributed by atoms with E-state index < -0.39 is 36.8 Å². The topological polar surface area (TPSA) is 81.2 Å². The zero-order chi connectivity index (χ0) is 86.2. The van der Waals surface area contributed by atoms with Gasteiger partial charge in [-0.3, -0.25) is 19.2 Å². The first-order valence-corrected chi connectivity index (χ1v) is 74.2. The first-order chi connectivity index (χ1) is 57.8. The van der Waals surface area contributed by atoms with Crippen molar-refractivity contribution in [3.05, 3.63) is 157 Å². The van der Waals surface area contributed by atoms with Crippen LogP contribution in [-0.4, -0.2) is 106 Å². The maximum absolute atomic E-state index is 15.3. The molecule has 120 heavy (non-hydrogen) atoms. The van der Waals surface area contributed by atoms with E-state index in [-0.39, 0.29) is 23.6 Å². The Labute approximate surface area is 781 Å². The number of carbonyl (C=O) groups excluding carboxylic acids is 4. The van der Waals surface area contributed by atoms with Gasteiger partial charge in [0, 0.05) is 75.0 Å². The van der Waals surface area contributed by atoms with Crippen molar-refractivity contribution in [1.82, 2.24) is 19.6 Å². The van der Waals surface area contributed by atoms with Gasteiger partial charge in [0.2, 0.25) is 0 Å². The molecule has 8 aromatic heterocycles. The van der Waals surface area contributed by atoms with Crippen LogP contribution in [0.5, 0.6) is 0 Å². The molecular formula is C100H140Br2N4O4S8Sn2. The molecule has 8 nitrogen and oxygen atoms in total. The fraction of sp³-hybridized carbons (Fsp3) is 0.560. The zero-order valence-corrected chi connectivity index (χ0v) is 90.9. The van der Waals surface area contributed by atoms with Crippen molar-refractivity contribution in [2.24, 2.45) is 23.7 Å². The third kappa shape index (κ3) is 26.6. The van der Waals surface area contributed by atoms with Crippen molar-refractivity contribution in [2.45, 2.75) is 304 Å². The minimum atomic E-state index is -1.86. The Balaban J connectivity index is 0.000000211. The number of hydrogen-bond acceptors (Lipinski definition) is 12. The van der Waals surface area contributed by atoms with E-state index in [1.165, 1.54) is 142 Å². The van der Waals surface area contributed by atoms with Crippen LogP contribution in [-0.2, 0) is 19.2 Å². The molecule has 4 unspecified atom stereocenters. The molecule has 8 aromatic rings. The van der Waals surface area contributed by atoms with Crippen LogP contribution in [0.25, 0.3) is 51.6 Å². The normalized spacial score (nSPS) is 15.5. The number of carbonyl (C=O) groups is 4. The molecule has 12 rings (SSSR count). The SMILES string of the molecule is CCCCCCC(CCCC)CN1C(=O)C(c2ccc(-c3ccc(-c4ccc(C)s4)s3)s2)=C2C1=C(c1ccc(C)s1)C(=O)N2CC(CCCC)CCCCCC.CCCCCCC(CCCC)CN1C(=O)C(c2ccc(Br)s2)=C2C1=C(c1ccc(Br)s1)C(=O)N2CC(CCCC)CCCCCC.[CH3][Sn]([CH3])([CH3])[c]1ccc(-c2cc[c]([Sn]([CH3])([CH3])[CH3])s2)s1. The fourth-order valence-corrected chi connectivity index (χ4v) is 36.7. The molecule has 0 aliphatic carbocycles. The first-order valence-electron chi connectivity index (χ1n) is 46.1. The van der Waals surface area contributed by atoms with Gasteiger partial charge in [-0.15, -0.1) is 68.0 Å². The number of hydrogen-bond donors (Lipinski definition) is 0. The number of nitrogens with zero attached hydrogens (tertiary/aromatic N) is 4. The van der Waals surface area contributed by atoms with Crippen LogP contribution in [0.2, 0.25) is 29.6 Å². The summed E-state index contributed by atoms with van der Waals surface area (Å²) < 4.78 is 5.38. The summed E-state index contributed by atoms with van der Waals surface area (Å²) >= 11 is 17.9. The summed E-state index contributed by atoms with van der Waals surface area (Å²) in [6, 6.07) is 35.1. The number of rotatable bonds is 49. The second-order valence-electron chi connectivity index (χ2n) is 36.2. The monoisotopic (exact) mass is 2110 g/mol. The molecule has 4 aliphatic rings. The van der Waals surface area contributed by atoms with E-state index in [1.807, 2.05) is 67.3 Å². The Hall–Kier alpha value is -3.00. The van der Waals surface area contributed by atoms with Crippen LogP contribution >= 0.6 is 123 Å². The van der Waals surface area contributed by atoms with Gasteiger partial charge < -0.3 is 19.6 Å². The van der Waals surface area contributed by atoms with Gasteiger partial charge in [0.05, 0.1) is 52.7 Å². The summed E-state index contributed by atoms with van der Waals surface area (Å²) in [5.41, 5.74) is 6.39. The van der Waals surface area contributed by atoms with Gasteiger partial charge in [-0.2, -0.15) is 0 Å². The van der Waals surface area contributed by atoms with E-state index in [0.29, 0.717) is 61.0 Å². The molecule has 0 saturated heterocycles. The van der Waals surface area contributed by atoms with Crippen LogP contribution in [0, 0.1) is 37.5 Å². The minimum absolute atomic E-state index is 0.0630. The van der Waals surface area contributed by atoms with Crippen molar-refractivity contribution in [3.8, 4) is 29.3 Å². The molecule has 0 saturated carbocycles. The van der Waals surface area contributed by atoms with Gasteiger partial charge in [-0.25, -0.2) is 0 Å². The van der Waals surface area contributed by atoms with Crippen LogP contribution in [0.1, 0.15) is 290 Å². The molecule has 0 spiro atoms. The first kappa shape index (κ1) is 99.2. The summed E-state index contributed by atoms with van der Waals surface area (Å²) in [6.07, 6.45) is 37.8. The average molecular weight is 2120 g/mol. The molecule has 0 radical (unpaired) electrons. The quantitative estimate of drug-likeness (QED) is 0.0281. The van der Waals surface area contributed by atoms with Gasteiger partial charge in [-0.1, -0.05) is 209 Å². The molecule has 20 heteroatoms. The standard InChI is InChI=1S/C48H64N2O2S4.C38H54Br2N2O2S2.C8H4S2.6CH3.2Sn/c1-7-11-15-17-21-35(19-13-9-3)31-49-45-43(41-26-24-34(6)54-41)47(51)50(32-36(20-14-10-4)22-18-16-12-8-2)46(45)44(48(49)52)42-30-29-40(56-42)39-28-27-38(55-39)37-25-23-33(5)53-37;1-5-9-13-15-19-27(17-11-7-3)25-41-35-33(29-21-23-31(39)45-29)38(44)42(26-28(18-12-8-4)20-16-14-10-6-2)36(35)34(37(41)43)30-22-24-32(40)46-30;1-3-7(9-5-1)8-4-2-6-10-8;;;;;;;;/h23-30,35-36H,7-22,31-32H2,1-6H3;21-24,27-28H,5-20,25-26H2,1-4H3;1-4H;6*1H3;;. The van der Waals surface area contributed by atoms with E-state index in [0.717, 1.165) is 164 Å². The van der Waals surface area contributed by atoms with E-state index in [9.17, 15) is 9.59 Å². The summed E-state index contributed by atoms with van der Waals surface area (Å²) in [4.78, 5) is 97.4. The van der Waals surface area contributed by atoms with Crippen molar-refractivity contribution in [1.29, 1.82) is 0 Å². The molecule has 4 atom stereocenters. The molecule has 0 aromatic carbocycles. The third-order valence-electron chi connectivity index (χ3n) is 24.0. The molecule has 0 bridgehead atoms. The molecular weight excluding hydrogens is 1970 g/mol. The van der Waals surface area contributed by atoms with Crippen LogP contribution in [0.3, 0.4) is 0 Å². The number of amides is 4. The van der Waals surface area contributed by atoms with E-state index >= 15 is 9.59 Å². The summed E-state index contributed by atoms with van der Waals surface area (Å²) in [5.74, 6) is 1.93. The summed E-state index contributed by atoms with van der Waals surface area (Å²) in [5, 5.41) is 0. The molecule has 12 heterocycles. The third-order valence-corrected chi connectivity index (χ3v) is 53.3. The van der Waals surface area contributed by atoms with Gasteiger partial charge >= 0.3 is 129 Å². The summed E-state index contributed by atoms with van der Waals surface area (Å²) in [7, 11) is 0. The number of aryl methyl sites for hydroxylation is 2.